The average Bonchev–Trinajstić information content (AvgIpc) is 3.73. The predicted molar refractivity (Wildman–Crippen MR) is 163 cm³/mol. The highest BCUT2D eigenvalue weighted by Gasteiger charge is 2.76. The number of benzene rings is 1. The fourth-order valence-corrected chi connectivity index (χ4v) is 10.8. The maximum absolute atomic E-state index is 14.4. The molecule has 0 aromatic heterocycles. The van der Waals surface area contributed by atoms with Gasteiger partial charge in [-0.15, -0.1) is 0 Å². The molecule has 8 atom stereocenters. The molecule has 10 heteroatoms. The quantitative estimate of drug-likeness (QED) is 0.173. The molecule has 3 N–H and O–H groups in total. The zero-order valence-corrected chi connectivity index (χ0v) is 27.0. The Kier molecular flexibility index (Phi) is 8.35. The third kappa shape index (κ3) is 4.74. The Morgan fingerprint density at radius 2 is 1.96 bits per heavy atom. The van der Waals surface area contributed by atoms with Crippen LogP contribution in [0.25, 0.3) is 0 Å². The van der Waals surface area contributed by atoms with Crippen LogP contribution in [-0.2, 0) is 39.8 Å². The molecule has 246 valence electrons. The second-order valence-electron chi connectivity index (χ2n) is 14.4. The summed E-state index contributed by atoms with van der Waals surface area (Å²) in [7, 11) is 3.24. The third-order valence-corrected chi connectivity index (χ3v) is 12.5. The Morgan fingerprint density at radius 1 is 1.11 bits per heavy atom. The Labute approximate surface area is 265 Å². The molecule has 0 amide bonds. The standard InChI is InChI=1S/C35H47FN2O7/c1-32-13-23(15-37)30(38-26-6-8-29(36)22(11-26)16-39-3)12-25(32)5-7-27-28-9-10-34(35(45-21-43-34)18-42-20-44-35)33(28,2)14-24(31(27)32)17-41-19-40-4/h6,8,11-12,15,24,27-28,31,37-38H,5,7,9-10,13-14,16-21H2,1-4H3/p+1/t24-,27+,28?,31?,32+,33+,34-,35?/m1/s1. The van der Waals surface area contributed by atoms with Gasteiger partial charge in [0.2, 0.25) is 5.79 Å². The van der Waals surface area contributed by atoms with Crippen molar-refractivity contribution in [3.8, 4) is 0 Å². The molecule has 2 heterocycles. The summed E-state index contributed by atoms with van der Waals surface area (Å²) in [5.74, 6) is 0.412. The summed E-state index contributed by atoms with van der Waals surface area (Å²) >= 11 is 0. The lowest BCUT2D eigenvalue weighted by Gasteiger charge is -2.62. The van der Waals surface area contributed by atoms with Crippen LogP contribution >= 0.6 is 0 Å². The van der Waals surface area contributed by atoms with E-state index in [4.69, 9.17) is 38.6 Å². The van der Waals surface area contributed by atoms with E-state index >= 15 is 0 Å². The first kappa shape index (κ1) is 31.6. The van der Waals surface area contributed by atoms with E-state index < -0.39 is 11.4 Å². The summed E-state index contributed by atoms with van der Waals surface area (Å²) in [6.45, 7) is 6.76. The van der Waals surface area contributed by atoms with Crippen LogP contribution in [0.3, 0.4) is 0 Å². The predicted octanol–water partition coefficient (Wildman–Crippen LogP) is 4.93. The zero-order valence-electron chi connectivity index (χ0n) is 27.0. The third-order valence-electron chi connectivity index (χ3n) is 12.5. The van der Waals surface area contributed by atoms with Gasteiger partial charge in [-0.05, 0) is 79.8 Å². The molecule has 45 heavy (non-hydrogen) atoms. The average molecular weight is 628 g/mol. The summed E-state index contributed by atoms with van der Waals surface area (Å²) < 4.78 is 56.0. The summed E-state index contributed by atoms with van der Waals surface area (Å²) in [5.41, 5.74) is 4.08. The van der Waals surface area contributed by atoms with Gasteiger partial charge in [0.1, 0.15) is 36.2 Å². The fourth-order valence-electron chi connectivity index (χ4n) is 10.8. The van der Waals surface area contributed by atoms with E-state index in [9.17, 15) is 4.39 Å². The molecule has 5 fully saturated rings. The molecule has 2 aliphatic heterocycles. The Balaban J connectivity index is 1.23. The molecule has 7 rings (SSSR count). The molecule has 4 aliphatic carbocycles. The summed E-state index contributed by atoms with van der Waals surface area (Å²) in [4.78, 5) is 0. The number of fused-ring (bicyclic) bond motifs is 7. The van der Waals surface area contributed by atoms with Crippen LogP contribution in [-0.4, -0.2) is 65.4 Å². The van der Waals surface area contributed by atoms with Crippen LogP contribution in [0.15, 0.2) is 41.1 Å². The number of quaternary nitrogens is 1. The first-order chi connectivity index (χ1) is 21.7. The molecular formula is C35H48FN2O7+. The summed E-state index contributed by atoms with van der Waals surface area (Å²) in [6.07, 6.45) is 9.61. The van der Waals surface area contributed by atoms with E-state index in [-0.39, 0.29) is 49.6 Å². The first-order valence-corrected chi connectivity index (χ1v) is 16.4. The van der Waals surface area contributed by atoms with Gasteiger partial charge in [-0.2, -0.15) is 0 Å². The van der Waals surface area contributed by atoms with E-state index in [0.29, 0.717) is 36.5 Å². The Morgan fingerprint density at radius 3 is 2.71 bits per heavy atom. The van der Waals surface area contributed by atoms with Gasteiger partial charge in [0, 0.05) is 49.1 Å². The number of methoxy groups -OCH3 is 2. The number of nitrogens with two attached hydrogens (primary N) is 1. The monoisotopic (exact) mass is 627 g/mol. The second kappa shape index (κ2) is 11.9. The number of nitrogens with one attached hydrogen (secondary N) is 1. The first-order valence-electron chi connectivity index (χ1n) is 16.4. The van der Waals surface area contributed by atoms with Gasteiger partial charge in [-0.1, -0.05) is 19.4 Å². The van der Waals surface area contributed by atoms with Crippen molar-refractivity contribution in [3.05, 3.63) is 52.5 Å². The van der Waals surface area contributed by atoms with E-state index in [1.807, 2.05) is 6.07 Å². The lowest BCUT2D eigenvalue weighted by molar-refractivity contribution is -0.513. The van der Waals surface area contributed by atoms with Gasteiger partial charge in [0.25, 0.3) is 0 Å². The number of rotatable bonds is 9. The molecule has 2 saturated heterocycles. The highest BCUT2D eigenvalue weighted by atomic mass is 19.1. The molecule has 0 radical (unpaired) electrons. The van der Waals surface area contributed by atoms with Crippen molar-refractivity contribution in [2.75, 3.05) is 47.8 Å². The maximum atomic E-state index is 14.4. The van der Waals surface area contributed by atoms with Crippen molar-refractivity contribution >= 4 is 11.9 Å². The van der Waals surface area contributed by atoms with Crippen molar-refractivity contribution in [3.63, 3.8) is 0 Å². The highest BCUT2D eigenvalue weighted by Crippen LogP contribution is 2.72. The number of ether oxygens (including phenoxy) is 7. The minimum atomic E-state index is -0.861. The largest absolute Gasteiger partial charge is 0.380 e. The van der Waals surface area contributed by atoms with Gasteiger partial charge in [-0.3, -0.25) is 5.32 Å². The number of hydrogen-bond acceptors (Lipinski definition) is 8. The van der Waals surface area contributed by atoms with E-state index in [0.717, 1.165) is 55.5 Å². The minimum absolute atomic E-state index is 0.118. The molecule has 1 aromatic rings. The van der Waals surface area contributed by atoms with Crippen molar-refractivity contribution < 1.29 is 42.9 Å². The van der Waals surface area contributed by atoms with E-state index in [1.165, 1.54) is 17.9 Å². The van der Waals surface area contributed by atoms with Crippen LogP contribution in [0.2, 0.25) is 0 Å². The van der Waals surface area contributed by atoms with E-state index in [1.54, 1.807) is 20.3 Å². The van der Waals surface area contributed by atoms with Gasteiger partial charge < -0.3 is 38.6 Å². The Bertz CT molecular complexity index is 1370. The summed E-state index contributed by atoms with van der Waals surface area (Å²) in [6, 6.07) is 5.15. The van der Waals surface area contributed by atoms with Crippen LogP contribution in [0.4, 0.5) is 10.1 Å². The number of allylic oxidation sites excluding steroid dienone is 3. The molecule has 6 aliphatic rings. The second-order valence-corrected chi connectivity index (χ2v) is 14.4. The molecular weight excluding hydrogens is 579 g/mol. The van der Waals surface area contributed by atoms with Crippen molar-refractivity contribution in [1.29, 1.82) is 5.41 Å². The topological polar surface area (TPSA) is 105 Å². The SMILES string of the molecule is COCOC[C@H]1C[C@@]2(C)C(CC[C@@]23OCOC32COCO2)[C@@H]2CCC3=CC([NH2+]c4ccc(F)c(COC)c4)=C(C=N)C[C@]3(C)C12. The normalized spacial score (nSPS) is 40.5. The van der Waals surface area contributed by atoms with Crippen LogP contribution in [0.5, 0.6) is 0 Å². The van der Waals surface area contributed by atoms with Gasteiger partial charge in [-0.25, -0.2) is 4.39 Å². The molecule has 0 bridgehead atoms. The lowest BCUT2D eigenvalue weighted by Crippen LogP contribution is -2.76. The maximum Gasteiger partial charge on any atom is 0.226 e. The minimum Gasteiger partial charge on any atom is -0.380 e. The smallest absolute Gasteiger partial charge is 0.226 e. The zero-order chi connectivity index (χ0) is 31.5. The molecule has 2 spiro atoms. The van der Waals surface area contributed by atoms with Gasteiger partial charge in [0.05, 0.1) is 13.2 Å². The van der Waals surface area contributed by atoms with E-state index in [2.05, 4.69) is 25.2 Å². The lowest BCUT2D eigenvalue weighted by atomic mass is 9.43. The molecule has 3 unspecified atom stereocenters. The molecule has 3 saturated carbocycles. The van der Waals surface area contributed by atoms with Crippen molar-refractivity contribution in [2.24, 2.45) is 34.5 Å². The van der Waals surface area contributed by atoms with Crippen LogP contribution in [0, 0.1) is 45.7 Å². The number of halogens is 1. The van der Waals surface area contributed by atoms with Crippen molar-refractivity contribution in [1.82, 2.24) is 0 Å². The number of hydrogen-bond donors (Lipinski definition) is 2. The fraction of sp³-hybridized carbons (Fsp3) is 0.686. The summed E-state index contributed by atoms with van der Waals surface area (Å²) in [5, 5.41) is 10.6. The van der Waals surface area contributed by atoms with Gasteiger partial charge in [0.15, 0.2) is 13.6 Å². The van der Waals surface area contributed by atoms with Crippen molar-refractivity contribution in [2.45, 2.75) is 70.4 Å². The molecule has 9 nitrogen and oxygen atoms in total. The Hall–Kier alpha value is -2.02. The molecule has 1 aromatic carbocycles. The van der Waals surface area contributed by atoms with Crippen LogP contribution in [0.1, 0.15) is 57.9 Å². The van der Waals surface area contributed by atoms with Gasteiger partial charge >= 0.3 is 0 Å². The highest BCUT2D eigenvalue weighted by molar-refractivity contribution is 5.78. The van der Waals surface area contributed by atoms with Crippen LogP contribution < -0.4 is 5.32 Å².